The van der Waals surface area contributed by atoms with Crippen molar-refractivity contribution in [1.29, 1.82) is 0 Å². The Morgan fingerprint density at radius 2 is 2.18 bits per heavy atom. The number of anilines is 1. The predicted octanol–water partition coefficient (Wildman–Crippen LogP) is 2.15. The van der Waals surface area contributed by atoms with Gasteiger partial charge >= 0.3 is 5.91 Å². The number of aryl methyl sites for hydroxylation is 2. The van der Waals surface area contributed by atoms with Gasteiger partial charge in [-0.3, -0.25) is 9.48 Å². The van der Waals surface area contributed by atoms with Crippen LogP contribution in [0.15, 0.2) is 53.3 Å². The Morgan fingerprint density at radius 1 is 1.36 bits per heavy atom. The first-order valence-corrected chi connectivity index (χ1v) is 9.46. The second-order valence-electron chi connectivity index (χ2n) is 7.45. The SMILES string of the molecule is CC1=C(C(=O)Nc2cc(C)cc[nH+]2)C(c2cnn(C)c2)C2=C(CCCC2=O)N1. The summed E-state index contributed by atoms with van der Waals surface area (Å²) in [6.07, 6.45) is 7.56. The number of aromatic nitrogens is 3. The van der Waals surface area contributed by atoms with Crippen molar-refractivity contribution < 1.29 is 14.6 Å². The highest BCUT2D eigenvalue weighted by Crippen LogP contribution is 2.42. The van der Waals surface area contributed by atoms with Crippen molar-refractivity contribution in [3.05, 3.63) is 64.4 Å². The van der Waals surface area contributed by atoms with Crippen LogP contribution in [0.25, 0.3) is 0 Å². The third-order valence-corrected chi connectivity index (χ3v) is 5.28. The summed E-state index contributed by atoms with van der Waals surface area (Å²) in [4.78, 5) is 29.1. The van der Waals surface area contributed by atoms with E-state index in [9.17, 15) is 9.59 Å². The highest BCUT2D eigenvalue weighted by Gasteiger charge is 2.40. The van der Waals surface area contributed by atoms with E-state index < -0.39 is 5.92 Å². The van der Waals surface area contributed by atoms with E-state index in [2.05, 4.69) is 20.7 Å². The number of allylic oxidation sites excluding steroid dienone is 3. The number of aromatic amines is 1. The van der Waals surface area contributed by atoms with Crippen LogP contribution in [0.3, 0.4) is 0 Å². The molecule has 3 N–H and O–H groups in total. The molecular weight excluding hydrogens is 354 g/mol. The molecule has 4 rings (SSSR count). The zero-order chi connectivity index (χ0) is 19.8. The fourth-order valence-electron chi connectivity index (χ4n) is 4.05. The Bertz CT molecular complexity index is 1030. The third kappa shape index (κ3) is 3.24. The predicted molar refractivity (Wildman–Crippen MR) is 104 cm³/mol. The Kier molecular flexibility index (Phi) is 4.58. The molecule has 0 radical (unpaired) electrons. The summed E-state index contributed by atoms with van der Waals surface area (Å²) in [5.41, 5.74) is 4.84. The summed E-state index contributed by atoms with van der Waals surface area (Å²) in [5, 5.41) is 10.5. The first-order chi connectivity index (χ1) is 13.4. The minimum atomic E-state index is -0.414. The van der Waals surface area contributed by atoms with Crippen molar-refractivity contribution in [3.63, 3.8) is 0 Å². The van der Waals surface area contributed by atoms with Crippen LogP contribution in [0.1, 0.15) is 43.2 Å². The quantitative estimate of drug-likeness (QED) is 0.856. The number of amides is 1. The van der Waals surface area contributed by atoms with Crippen LogP contribution in [-0.2, 0) is 16.6 Å². The molecule has 1 unspecified atom stereocenters. The number of H-pyrrole nitrogens is 1. The van der Waals surface area contributed by atoms with Crippen molar-refractivity contribution >= 4 is 17.5 Å². The van der Waals surface area contributed by atoms with Gasteiger partial charge in [-0.2, -0.15) is 5.10 Å². The minimum absolute atomic E-state index is 0.0996. The maximum atomic E-state index is 13.3. The van der Waals surface area contributed by atoms with Gasteiger partial charge in [0, 0.05) is 48.3 Å². The summed E-state index contributed by atoms with van der Waals surface area (Å²) in [5.74, 6) is 0.0701. The van der Waals surface area contributed by atoms with Crippen molar-refractivity contribution in [1.82, 2.24) is 15.1 Å². The molecule has 144 valence electrons. The lowest BCUT2D eigenvalue weighted by molar-refractivity contribution is -0.360. The molecular formula is C21H24N5O2+. The van der Waals surface area contributed by atoms with Crippen molar-refractivity contribution in [3.8, 4) is 0 Å². The van der Waals surface area contributed by atoms with E-state index in [0.29, 0.717) is 23.4 Å². The molecule has 2 aromatic heterocycles. The Labute approximate surface area is 163 Å². The van der Waals surface area contributed by atoms with Gasteiger partial charge in [-0.15, -0.1) is 0 Å². The van der Waals surface area contributed by atoms with Gasteiger partial charge in [0.05, 0.1) is 23.9 Å². The number of ketones is 1. The number of nitrogens with zero attached hydrogens (tertiary/aromatic N) is 2. The normalized spacial score (nSPS) is 19.4. The van der Waals surface area contributed by atoms with E-state index in [4.69, 9.17) is 0 Å². The smallest absolute Gasteiger partial charge is 0.337 e. The third-order valence-electron chi connectivity index (χ3n) is 5.28. The van der Waals surface area contributed by atoms with Gasteiger partial charge in [0.15, 0.2) is 5.78 Å². The van der Waals surface area contributed by atoms with Gasteiger partial charge in [-0.1, -0.05) is 0 Å². The first-order valence-electron chi connectivity index (χ1n) is 9.46. The van der Waals surface area contributed by atoms with E-state index in [1.807, 2.05) is 39.2 Å². The van der Waals surface area contributed by atoms with E-state index in [1.165, 1.54) is 0 Å². The lowest BCUT2D eigenvalue weighted by atomic mass is 9.76. The highest BCUT2D eigenvalue weighted by molar-refractivity contribution is 6.09. The number of hydrogen-bond donors (Lipinski definition) is 2. The largest absolute Gasteiger partial charge is 0.362 e. The van der Waals surface area contributed by atoms with E-state index >= 15 is 0 Å². The van der Waals surface area contributed by atoms with Gasteiger partial charge < -0.3 is 5.32 Å². The van der Waals surface area contributed by atoms with Crippen molar-refractivity contribution in [2.45, 2.75) is 39.0 Å². The average Bonchev–Trinajstić information content (AvgIpc) is 3.06. The molecule has 1 atom stereocenters. The lowest BCUT2D eigenvalue weighted by Crippen LogP contribution is -2.36. The average molecular weight is 378 g/mol. The van der Waals surface area contributed by atoms with Gasteiger partial charge in [0.2, 0.25) is 0 Å². The molecule has 1 aliphatic heterocycles. The van der Waals surface area contributed by atoms with Crippen LogP contribution in [-0.4, -0.2) is 21.5 Å². The number of hydrogen-bond acceptors (Lipinski definition) is 4. The topological polar surface area (TPSA) is 90.2 Å². The number of carbonyl (C=O) groups is 2. The maximum Gasteiger partial charge on any atom is 0.337 e. The monoisotopic (exact) mass is 378 g/mol. The van der Waals surface area contributed by atoms with E-state index in [1.54, 1.807) is 17.1 Å². The molecule has 0 saturated carbocycles. The van der Waals surface area contributed by atoms with E-state index in [0.717, 1.165) is 35.4 Å². The standard InChI is InChI=1S/C21H23N5O2/c1-12-7-8-22-17(9-12)25-21(28)18-13(2)24-15-5-4-6-16(27)20(15)19(18)14-10-23-26(3)11-14/h7-11,19,24H,4-6H2,1-3H3,(H,22,25,28)/p+1. The number of dihydropyridines is 1. The van der Waals surface area contributed by atoms with Crippen molar-refractivity contribution in [2.75, 3.05) is 5.32 Å². The molecule has 1 aliphatic carbocycles. The fraction of sp³-hybridized carbons (Fsp3) is 0.333. The molecule has 0 bridgehead atoms. The van der Waals surface area contributed by atoms with Crippen LogP contribution in [0, 0.1) is 6.92 Å². The van der Waals surface area contributed by atoms with Crippen LogP contribution < -0.4 is 15.6 Å². The Hall–Kier alpha value is -3.22. The molecule has 1 amide bonds. The lowest BCUT2D eigenvalue weighted by Gasteiger charge is -2.33. The zero-order valence-corrected chi connectivity index (χ0v) is 16.3. The van der Waals surface area contributed by atoms with Crippen LogP contribution >= 0.6 is 0 Å². The zero-order valence-electron chi connectivity index (χ0n) is 16.3. The van der Waals surface area contributed by atoms with Gasteiger partial charge in [-0.05, 0) is 38.3 Å². The molecule has 2 aromatic rings. The van der Waals surface area contributed by atoms with Crippen LogP contribution in [0.5, 0.6) is 0 Å². The molecule has 0 fully saturated rings. The van der Waals surface area contributed by atoms with Gasteiger partial charge in [0.1, 0.15) is 0 Å². The van der Waals surface area contributed by atoms with Gasteiger partial charge in [-0.25, -0.2) is 15.1 Å². The summed E-state index contributed by atoms with van der Waals surface area (Å²) in [7, 11) is 1.83. The van der Waals surface area contributed by atoms with Gasteiger partial charge in [0.25, 0.3) is 5.82 Å². The number of nitrogens with one attached hydrogen (secondary N) is 3. The second kappa shape index (κ2) is 7.07. The fourth-order valence-corrected chi connectivity index (χ4v) is 4.05. The number of carbonyl (C=O) groups excluding carboxylic acids is 2. The second-order valence-corrected chi connectivity index (χ2v) is 7.45. The highest BCUT2D eigenvalue weighted by atomic mass is 16.2. The molecule has 0 aromatic carbocycles. The van der Waals surface area contributed by atoms with Crippen LogP contribution in [0.4, 0.5) is 5.82 Å². The summed E-state index contributed by atoms with van der Waals surface area (Å²) < 4.78 is 1.70. The molecule has 7 heteroatoms. The summed E-state index contributed by atoms with van der Waals surface area (Å²) in [6.45, 7) is 3.85. The Morgan fingerprint density at radius 3 is 2.89 bits per heavy atom. The number of Topliss-reactive ketones (excluding diaryl/α,β-unsaturated/α-hetero) is 1. The molecule has 7 nitrogen and oxygen atoms in total. The summed E-state index contributed by atoms with van der Waals surface area (Å²) >= 11 is 0. The number of rotatable bonds is 3. The molecule has 2 aliphatic rings. The molecule has 0 saturated heterocycles. The minimum Gasteiger partial charge on any atom is -0.362 e. The van der Waals surface area contributed by atoms with Crippen molar-refractivity contribution in [2.24, 2.45) is 7.05 Å². The molecule has 0 spiro atoms. The number of pyridine rings is 1. The first kappa shape index (κ1) is 18.2. The summed E-state index contributed by atoms with van der Waals surface area (Å²) in [6, 6.07) is 3.80. The van der Waals surface area contributed by atoms with E-state index in [-0.39, 0.29) is 11.7 Å². The molecule has 3 heterocycles. The maximum absolute atomic E-state index is 13.3. The Balaban J connectivity index is 1.77. The molecule has 28 heavy (non-hydrogen) atoms. The van der Waals surface area contributed by atoms with Crippen LogP contribution in [0.2, 0.25) is 0 Å².